The fourth-order valence-corrected chi connectivity index (χ4v) is 1.22. The van der Waals surface area contributed by atoms with E-state index in [-0.39, 0.29) is 12.5 Å². The van der Waals surface area contributed by atoms with Gasteiger partial charge in [-0.2, -0.15) is 12.6 Å². The third kappa shape index (κ3) is 7.59. The molecule has 0 aliphatic carbocycles. The lowest BCUT2D eigenvalue weighted by Crippen LogP contribution is -2.41. The second kappa shape index (κ2) is 8.74. The van der Waals surface area contributed by atoms with Gasteiger partial charge in [0, 0.05) is 37.2 Å². The molecule has 0 radical (unpaired) electrons. The normalized spacial score (nSPS) is 13.5. The molecule has 0 aliphatic heterocycles. The van der Waals surface area contributed by atoms with Crippen molar-refractivity contribution in [1.82, 2.24) is 10.6 Å². The van der Waals surface area contributed by atoms with E-state index in [9.17, 15) is 9.90 Å². The molecule has 0 bridgehead atoms. The lowest BCUT2D eigenvalue weighted by molar-refractivity contribution is -0.120. The zero-order chi connectivity index (χ0) is 13.3. The average molecular weight is 264 g/mol. The Kier molecular flexibility index (Phi) is 8.59. The first-order chi connectivity index (χ1) is 7.94. The summed E-state index contributed by atoms with van der Waals surface area (Å²) in [5, 5.41) is 24.5. The van der Waals surface area contributed by atoms with Gasteiger partial charge in [-0.3, -0.25) is 4.79 Å². The smallest absolute Gasteiger partial charge is 0.221 e. The summed E-state index contributed by atoms with van der Waals surface area (Å²) in [7, 11) is 0. The molecule has 0 aliphatic rings. The maximum Gasteiger partial charge on any atom is 0.221 e. The van der Waals surface area contributed by atoms with Gasteiger partial charge in [0.2, 0.25) is 5.91 Å². The fraction of sp³-hybridized carbons (Fsp3) is 0.909. The van der Waals surface area contributed by atoms with E-state index in [1.165, 1.54) is 0 Å². The highest BCUT2D eigenvalue weighted by Gasteiger charge is 2.26. The Morgan fingerprint density at radius 2 is 2.06 bits per heavy atom. The lowest BCUT2D eigenvalue weighted by atomic mass is 9.87. The summed E-state index contributed by atoms with van der Waals surface area (Å²) in [6.07, 6.45) is -0.256. The Bertz CT molecular complexity index is 225. The molecule has 4 N–H and O–H groups in total. The Labute approximate surface area is 108 Å². The van der Waals surface area contributed by atoms with E-state index in [0.29, 0.717) is 31.8 Å². The SMILES string of the molecule is CC(C)(CO)C(O)CNCCC(=O)NCCS. The molecule has 0 aromatic heterocycles. The molecular weight excluding hydrogens is 240 g/mol. The number of carbonyl (C=O) groups excluding carboxylic acids is 1. The highest BCUT2D eigenvalue weighted by Crippen LogP contribution is 2.18. The number of rotatable bonds is 9. The summed E-state index contributed by atoms with van der Waals surface area (Å²) >= 11 is 3.99. The topological polar surface area (TPSA) is 81.6 Å². The third-order valence-electron chi connectivity index (χ3n) is 2.61. The summed E-state index contributed by atoms with van der Waals surface area (Å²) in [4.78, 5) is 11.2. The van der Waals surface area contributed by atoms with Crippen molar-refractivity contribution in [2.45, 2.75) is 26.4 Å². The van der Waals surface area contributed by atoms with E-state index in [1.54, 1.807) is 13.8 Å². The number of nitrogens with one attached hydrogen (secondary N) is 2. The molecule has 0 heterocycles. The molecule has 6 heteroatoms. The van der Waals surface area contributed by atoms with Gasteiger partial charge < -0.3 is 20.8 Å². The molecule has 17 heavy (non-hydrogen) atoms. The molecule has 102 valence electrons. The number of hydrogen-bond donors (Lipinski definition) is 5. The first kappa shape index (κ1) is 16.7. The number of carbonyl (C=O) groups is 1. The van der Waals surface area contributed by atoms with Crippen LogP contribution in [0.2, 0.25) is 0 Å². The number of hydrogen-bond acceptors (Lipinski definition) is 5. The maximum absolute atomic E-state index is 11.2. The highest BCUT2D eigenvalue weighted by molar-refractivity contribution is 7.80. The van der Waals surface area contributed by atoms with Crippen molar-refractivity contribution in [2.24, 2.45) is 5.41 Å². The van der Waals surface area contributed by atoms with Crippen LogP contribution in [0.5, 0.6) is 0 Å². The Morgan fingerprint density at radius 1 is 1.41 bits per heavy atom. The zero-order valence-corrected chi connectivity index (χ0v) is 11.5. The minimum absolute atomic E-state index is 0.0255. The van der Waals surface area contributed by atoms with Crippen LogP contribution in [-0.2, 0) is 4.79 Å². The van der Waals surface area contributed by atoms with Crippen molar-refractivity contribution < 1.29 is 15.0 Å². The van der Waals surface area contributed by atoms with Gasteiger partial charge in [0.05, 0.1) is 12.7 Å². The van der Waals surface area contributed by atoms with Gasteiger partial charge in [-0.05, 0) is 0 Å². The average Bonchev–Trinajstić information content (AvgIpc) is 2.31. The molecule has 0 saturated carbocycles. The van der Waals surface area contributed by atoms with Crippen LogP contribution in [0.25, 0.3) is 0 Å². The molecule has 0 fully saturated rings. The van der Waals surface area contributed by atoms with E-state index in [1.807, 2.05) is 0 Å². The predicted octanol–water partition coefficient (Wildman–Crippen LogP) is -0.608. The Morgan fingerprint density at radius 3 is 2.59 bits per heavy atom. The highest BCUT2D eigenvalue weighted by atomic mass is 32.1. The molecule has 1 atom stereocenters. The Balaban J connectivity index is 3.61. The monoisotopic (exact) mass is 264 g/mol. The van der Waals surface area contributed by atoms with E-state index in [0.717, 1.165) is 0 Å². The minimum atomic E-state index is -0.631. The van der Waals surface area contributed by atoms with Crippen molar-refractivity contribution in [3.8, 4) is 0 Å². The van der Waals surface area contributed by atoms with Crippen molar-refractivity contribution in [3.63, 3.8) is 0 Å². The van der Waals surface area contributed by atoms with Crippen LogP contribution in [0, 0.1) is 5.41 Å². The quantitative estimate of drug-likeness (QED) is 0.284. The van der Waals surface area contributed by atoms with E-state index in [2.05, 4.69) is 23.3 Å². The van der Waals surface area contributed by atoms with Crippen LogP contribution >= 0.6 is 12.6 Å². The van der Waals surface area contributed by atoms with Gasteiger partial charge in [-0.1, -0.05) is 13.8 Å². The molecular formula is C11H24N2O3S. The van der Waals surface area contributed by atoms with Gasteiger partial charge >= 0.3 is 0 Å². The standard InChI is InChI=1S/C11H24N2O3S/c1-11(2,8-14)9(15)7-12-4-3-10(16)13-5-6-17/h9,12,14-15,17H,3-8H2,1-2H3,(H,13,16). The maximum atomic E-state index is 11.2. The summed E-state index contributed by atoms with van der Waals surface area (Å²) < 4.78 is 0. The van der Waals surface area contributed by atoms with Crippen LogP contribution in [0.4, 0.5) is 0 Å². The molecule has 0 aromatic rings. The molecule has 0 saturated heterocycles. The van der Waals surface area contributed by atoms with Crippen LogP contribution in [0.3, 0.4) is 0 Å². The zero-order valence-electron chi connectivity index (χ0n) is 10.6. The summed E-state index contributed by atoms with van der Waals surface area (Å²) in [5.74, 6) is 0.602. The van der Waals surface area contributed by atoms with Gasteiger partial charge in [0.25, 0.3) is 0 Å². The van der Waals surface area contributed by atoms with E-state index in [4.69, 9.17) is 5.11 Å². The second-order valence-corrected chi connectivity index (χ2v) is 5.14. The van der Waals surface area contributed by atoms with Crippen molar-refractivity contribution >= 4 is 18.5 Å². The van der Waals surface area contributed by atoms with E-state index >= 15 is 0 Å². The van der Waals surface area contributed by atoms with Crippen molar-refractivity contribution in [1.29, 1.82) is 0 Å². The second-order valence-electron chi connectivity index (χ2n) is 4.69. The molecule has 0 aromatic carbocycles. The number of aliphatic hydroxyl groups is 2. The van der Waals surface area contributed by atoms with E-state index < -0.39 is 11.5 Å². The predicted molar refractivity (Wildman–Crippen MR) is 71.2 cm³/mol. The van der Waals surface area contributed by atoms with Crippen molar-refractivity contribution in [2.75, 3.05) is 32.0 Å². The lowest BCUT2D eigenvalue weighted by Gasteiger charge is -2.28. The summed E-state index contributed by atoms with van der Waals surface area (Å²) in [6.45, 7) is 4.96. The fourth-order valence-electron chi connectivity index (χ4n) is 1.11. The summed E-state index contributed by atoms with van der Waals surface area (Å²) in [6, 6.07) is 0. The molecule has 5 nitrogen and oxygen atoms in total. The van der Waals surface area contributed by atoms with Crippen LogP contribution in [0.15, 0.2) is 0 Å². The van der Waals surface area contributed by atoms with Crippen LogP contribution < -0.4 is 10.6 Å². The first-order valence-corrected chi connectivity index (χ1v) is 6.44. The van der Waals surface area contributed by atoms with Crippen LogP contribution in [0.1, 0.15) is 20.3 Å². The molecule has 0 rings (SSSR count). The van der Waals surface area contributed by atoms with Gasteiger partial charge in [0.15, 0.2) is 0 Å². The van der Waals surface area contributed by atoms with Crippen LogP contribution in [-0.4, -0.2) is 54.2 Å². The van der Waals surface area contributed by atoms with Gasteiger partial charge in [0.1, 0.15) is 0 Å². The largest absolute Gasteiger partial charge is 0.396 e. The molecule has 1 amide bonds. The Hall–Kier alpha value is -0.300. The molecule has 0 spiro atoms. The van der Waals surface area contributed by atoms with Crippen molar-refractivity contribution in [3.05, 3.63) is 0 Å². The number of amides is 1. The summed E-state index contributed by atoms with van der Waals surface area (Å²) in [5.41, 5.74) is -0.527. The third-order valence-corrected chi connectivity index (χ3v) is 2.83. The van der Waals surface area contributed by atoms with Gasteiger partial charge in [-0.15, -0.1) is 0 Å². The first-order valence-electron chi connectivity index (χ1n) is 5.81. The number of aliphatic hydroxyl groups excluding tert-OH is 2. The molecule has 1 unspecified atom stereocenters. The number of thiol groups is 1. The minimum Gasteiger partial charge on any atom is -0.396 e. The van der Waals surface area contributed by atoms with Gasteiger partial charge in [-0.25, -0.2) is 0 Å².